The number of hydrogen-bond donors (Lipinski definition) is 4. The quantitative estimate of drug-likeness (QED) is 0.609. The first kappa shape index (κ1) is 17.7. The number of unbranched alkanes of at least 4 members (excludes halogenated alkanes) is 1. The van der Waals surface area contributed by atoms with Gasteiger partial charge in [0, 0.05) is 19.5 Å². The van der Waals surface area contributed by atoms with Crippen molar-refractivity contribution in [1.29, 1.82) is 0 Å². The van der Waals surface area contributed by atoms with E-state index in [2.05, 4.69) is 32.5 Å². The number of aromatic nitrogens is 3. The fourth-order valence-corrected chi connectivity index (χ4v) is 2.48. The average molecular weight is 332 g/mol. The number of hydrogen-bond acceptors (Lipinski definition) is 7. The van der Waals surface area contributed by atoms with Gasteiger partial charge in [-0.2, -0.15) is 4.98 Å². The van der Waals surface area contributed by atoms with E-state index in [-0.39, 0.29) is 17.6 Å². The van der Waals surface area contributed by atoms with Gasteiger partial charge in [-0.3, -0.25) is 4.79 Å². The lowest BCUT2D eigenvalue weighted by Gasteiger charge is -2.32. The van der Waals surface area contributed by atoms with E-state index in [1.807, 2.05) is 6.92 Å². The Morgan fingerprint density at radius 2 is 2.17 bits per heavy atom. The van der Waals surface area contributed by atoms with Gasteiger partial charge in [-0.05, 0) is 13.3 Å². The number of aromatic hydroxyl groups is 1. The van der Waals surface area contributed by atoms with Crippen LogP contribution in [0, 0.1) is 0 Å². The molecule has 8 heteroatoms. The number of anilines is 2. The van der Waals surface area contributed by atoms with Gasteiger partial charge in [0.05, 0.1) is 11.7 Å². The summed E-state index contributed by atoms with van der Waals surface area (Å²) >= 11 is 0. The standard InChI is InChI=1S/C16H24N6O2/c1-4-5-6-16(3,9-19-10(2)23)22-14-13-12(20-15(17)21-14)7-11(24)8-18-13/h7-8,24H,4-6,9H2,1-3H3,(H,19,23)(H3,17,20,21,22). The van der Waals surface area contributed by atoms with Gasteiger partial charge in [-0.25, -0.2) is 9.97 Å². The number of nitrogens with two attached hydrogens (primary N) is 1. The number of rotatable bonds is 7. The van der Waals surface area contributed by atoms with E-state index in [9.17, 15) is 9.90 Å². The first-order chi connectivity index (χ1) is 11.3. The molecule has 5 N–H and O–H groups in total. The lowest BCUT2D eigenvalue weighted by molar-refractivity contribution is -0.119. The number of amides is 1. The molecule has 130 valence electrons. The van der Waals surface area contributed by atoms with Crippen LogP contribution in [0.3, 0.4) is 0 Å². The largest absolute Gasteiger partial charge is 0.506 e. The zero-order chi connectivity index (χ0) is 17.7. The number of pyridine rings is 1. The van der Waals surface area contributed by atoms with Crippen molar-refractivity contribution < 1.29 is 9.90 Å². The molecule has 1 unspecified atom stereocenters. The van der Waals surface area contributed by atoms with E-state index < -0.39 is 5.54 Å². The molecule has 1 amide bonds. The van der Waals surface area contributed by atoms with Crippen LogP contribution in [0.15, 0.2) is 12.3 Å². The molecule has 24 heavy (non-hydrogen) atoms. The van der Waals surface area contributed by atoms with E-state index in [0.29, 0.717) is 23.4 Å². The van der Waals surface area contributed by atoms with Crippen LogP contribution in [0.4, 0.5) is 11.8 Å². The van der Waals surface area contributed by atoms with Crippen LogP contribution in [0.1, 0.15) is 40.0 Å². The lowest BCUT2D eigenvalue weighted by atomic mass is 9.94. The number of nitrogens with one attached hydrogen (secondary N) is 2. The summed E-state index contributed by atoms with van der Waals surface area (Å²) in [5.74, 6) is 0.504. The Hall–Kier alpha value is -2.64. The van der Waals surface area contributed by atoms with Gasteiger partial charge in [0.2, 0.25) is 11.9 Å². The molecule has 0 saturated heterocycles. The Morgan fingerprint density at radius 3 is 2.83 bits per heavy atom. The molecule has 0 radical (unpaired) electrons. The maximum atomic E-state index is 11.3. The highest BCUT2D eigenvalue weighted by Crippen LogP contribution is 2.26. The van der Waals surface area contributed by atoms with E-state index in [1.54, 1.807) is 0 Å². The maximum Gasteiger partial charge on any atom is 0.222 e. The van der Waals surface area contributed by atoms with Crippen molar-refractivity contribution in [2.24, 2.45) is 0 Å². The molecule has 8 nitrogen and oxygen atoms in total. The van der Waals surface area contributed by atoms with Crippen LogP contribution in [0.25, 0.3) is 11.0 Å². The predicted octanol–water partition coefficient (Wildman–Crippen LogP) is 1.81. The van der Waals surface area contributed by atoms with Crippen molar-refractivity contribution in [2.45, 2.75) is 45.6 Å². The molecule has 2 rings (SSSR count). The highest BCUT2D eigenvalue weighted by atomic mass is 16.3. The Labute approximate surface area is 140 Å². The van der Waals surface area contributed by atoms with Crippen LogP contribution in [-0.2, 0) is 4.79 Å². The smallest absolute Gasteiger partial charge is 0.222 e. The number of carbonyl (C=O) groups is 1. The third-order valence-electron chi connectivity index (χ3n) is 3.77. The summed E-state index contributed by atoms with van der Waals surface area (Å²) in [5.41, 5.74) is 6.35. The second-order valence-electron chi connectivity index (χ2n) is 6.19. The third-order valence-corrected chi connectivity index (χ3v) is 3.77. The molecule has 2 aromatic heterocycles. The van der Waals surface area contributed by atoms with Crippen LogP contribution in [0.5, 0.6) is 5.75 Å². The molecule has 0 fully saturated rings. The third kappa shape index (κ3) is 4.43. The molecule has 0 bridgehead atoms. The highest BCUT2D eigenvalue weighted by Gasteiger charge is 2.26. The topological polar surface area (TPSA) is 126 Å². The van der Waals surface area contributed by atoms with Crippen molar-refractivity contribution in [1.82, 2.24) is 20.3 Å². The van der Waals surface area contributed by atoms with Gasteiger partial charge in [0.25, 0.3) is 0 Å². The molecule has 0 aliphatic heterocycles. The second-order valence-corrected chi connectivity index (χ2v) is 6.19. The van der Waals surface area contributed by atoms with Crippen LogP contribution >= 0.6 is 0 Å². The second kappa shape index (κ2) is 7.29. The average Bonchev–Trinajstić information content (AvgIpc) is 2.50. The highest BCUT2D eigenvalue weighted by molar-refractivity contribution is 5.87. The van der Waals surface area contributed by atoms with Crippen LogP contribution in [-0.4, -0.2) is 38.0 Å². The Balaban J connectivity index is 2.37. The van der Waals surface area contributed by atoms with Gasteiger partial charge >= 0.3 is 0 Å². The van der Waals surface area contributed by atoms with Gasteiger partial charge in [0.1, 0.15) is 16.8 Å². The van der Waals surface area contributed by atoms with Gasteiger partial charge in [-0.15, -0.1) is 0 Å². The van der Waals surface area contributed by atoms with E-state index >= 15 is 0 Å². The zero-order valence-corrected chi connectivity index (χ0v) is 14.3. The molecule has 0 aliphatic carbocycles. The molecular formula is C16H24N6O2. The Bertz CT molecular complexity index is 731. The van der Waals surface area contributed by atoms with Crippen molar-refractivity contribution in [3.63, 3.8) is 0 Å². The monoisotopic (exact) mass is 332 g/mol. The molecule has 2 aromatic rings. The molecule has 0 saturated carbocycles. The Morgan fingerprint density at radius 1 is 1.42 bits per heavy atom. The molecular weight excluding hydrogens is 308 g/mol. The summed E-state index contributed by atoms with van der Waals surface area (Å²) in [7, 11) is 0. The van der Waals surface area contributed by atoms with E-state index in [1.165, 1.54) is 19.2 Å². The van der Waals surface area contributed by atoms with Crippen LogP contribution in [0.2, 0.25) is 0 Å². The van der Waals surface area contributed by atoms with E-state index in [0.717, 1.165) is 19.3 Å². The Kier molecular flexibility index (Phi) is 5.38. The number of nitrogen functional groups attached to an aromatic ring is 1. The van der Waals surface area contributed by atoms with Gasteiger partial charge in [0.15, 0.2) is 5.82 Å². The molecule has 2 heterocycles. The van der Waals surface area contributed by atoms with Crippen molar-refractivity contribution in [3.8, 4) is 5.75 Å². The SMILES string of the molecule is CCCCC(C)(CNC(C)=O)Nc1nc(N)nc2cc(O)cnc12. The minimum Gasteiger partial charge on any atom is -0.506 e. The summed E-state index contributed by atoms with van der Waals surface area (Å²) in [6.07, 6.45) is 4.21. The summed E-state index contributed by atoms with van der Waals surface area (Å²) in [5, 5.41) is 15.8. The van der Waals surface area contributed by atoms with Crippen molar-refractivity contribution in [2.75, 3.05) is 17.6 Å². The summed E-state index contributed by atoms with van der Waals surface area (Å²) in [4.78, 5) is 23.8. The van der Waals surface area contributed by atoms with Crippen molar-refractivity contribution >= 4 is 28.7 Å². The number of nitrogens with zero attached hydrogens (tertiary/aromatic N) is 3. The molecule has 0 aromatic carbocycles. The van der Waals surface area contributed by atoms with Gasteiger partial charge in [-0.1, -0.05) is 19.8 Å². The minimum absolute atomic E-state index is 0.0125. The molecule has 0 aliphatic rings. The fraction of sp³-hybridized carbons (Fsp3) is 0.500. The summed E-state index contributed by atoms with van der Waals surface area (Å²) in [6.45, 7) is 6.07. The van der Waals surface area contributed by atoms with E-state index in [4.69, 9.17) is 5.73 Å². The number of carbonyl (C=O) groups excluding carboxylic acids is 1. The lowest BCUT2D eigenvalue weighted by Crippen LogP contribution is -2.46. The summed E-state index contributed by atoms with van der Waals surface area (Å²) in [6, 6.07) is 1.49. The normalized spacial score (nSPS) is 13.5. The predicted molar refractivity (Wildman–Crippen MR) is 93.6 cm³/mol. The first-order valence-electron chi connectivity index (χ1n) is 7.98. The minimum atomic E-state index is -0.408. The first-order valence-corrected chi connectivity index (χ1v) is 7.98. The number of fused-ring (bicyclic) bond motifs is 1. The van der Waals surface area contributed by atoms with Crippen LogP contribution < -0.4 is 16.4 Å². The molecule has 0 spiro atoms. The maximum absolute atomic E-state index is 11.3. The fourth-order valence-electron chi connectivity index (χ4n) is 2.48. The zero-order valence-electron chi connectivity index (χ0n) is 14.3. The summed E-state index contributed by atoms with van der Waals surface area (Å²) < 4.78 is 0. The van der Waals surface area contributed by atoms with Crippen molar-refractivity contribution in [3.05, 3.63) is 12.3 Å². The van der Waals surface area contributed by atoms with Gasteiger partial charge < -0.3 is 21.5 Å². The molecule has 1 atom stereocenters.